The summed E-state index contributed by atoms with van der Waals surface area (Å²) in [5, 5.41) is 0. The zero-order valence-corrected chi connectivity index (χ0v) is 18.0. The number of carbonyl (C=O) groups excluding carboxylic acids is 1. The zero-order chi connectivity index (χ0) is 20.6. The van der Waals surface area contributed by atoms with Crippen molar-refractivity contribution in [3.63, 3.8) is 0 Å². The Bertz CT molecular complexity index is 787. The van der Waals surface area contributed by atoms with Gasteiger partial charge in [-0.2, -0.15) is 0 Å². The third kappa shape index (κ3) is 5.64. The molecule has 0 unspecified atom stereocenters. The van der Waals surface area contributed by atoms with Crippen LogP contribution in [-0.4, -0.2) is 62.0 Å². The van der Waals surface area contributed by atoms with Gasteiger partial charge < -0.3 is 24.0 Å². The van der Waals surface area contributed by atoms with Gasteiger partial charge in [-0.1, -0.05) is 12.1 Å². The lowest BCUT2D eigenvalue weighted by atomic mass is 9.94. The second-order valence-corrected chi connectivity index (χ2v) is 8.63. The monoisotopic (exact) mass is 431 g/mol. The fourth-order valence-corrected chi connectivity index (χ4v) is 4.43. The Kier molecular flexibility index (Phi) is 7.42. The van der Waals surface area contributed by atoms with Gasteiger partial charge >= 0.3 is 6.09 Å². The molecule has 1 aromatic carbocycles. The van der Waals surface area contributed by atoms with Crippen molar-refractivity contribution in [3.05, 3.63) is 40.8 Å². The molecule has 3 heterocycles. The van der Waals surface area contributed by atoms with E-state index in [0.29, 0.717) is 19.1 Å². The van der Waals surface area contributed by atoms with Crippen molar-refractivity contribution in [3.8, 4) is 5.75 Å². The van der Waals surface area contributed by atoms with Crippen LogP contribution in [0.4, 0.5) is 10.5 Å². The molecule has 0 saturated carbocycles. The van der Waals surface area contributed by atoms with Crippen LogP contribution in [0.15, 0.2) is 36.0 Å². The molecule has 7 nitrogen and oxygen atoms in total. The normalized spacial score (nSPS) is 17.7. The minimum atomic E-state index is -0.225. The highest BCUT2D eigenvalue weighted by Crippen LogP contribution is 2.29. The molecule has 0 radical (unpaired) electrons. The molecule has 1 aromatic heterocycles. The molecule has 2 fully saturated rings. The molecule has 0 N–H and O–H groups in total. The number of para-hydroxylation sites is 2. The van der Waals surface area contributed by atoms with Crippen molar-refractivity contribution >= 4 is 23.1 Å². The largest absolute Gasteiger partial charge is 0.491 e. The quantitative estimate of drug-likeness (QED) is 0.665. The molecule has 2 aromatic rings. The number of ether oxygens (including phenoxy) is 3. The first kappa shape index (κ1) is 20.9. The van der Waals surface area contributed by atoms with E-state index in [1.807, 2.05) is 17.0 Å². The van der Waals surface area contributed by atoms with Crippen LogP contribution in [0.3, 0.4) is 0 Å². The molecule has 2 aliphatic heterocycles. The molecule has 1 amide bonds. The fraction of sp³-hybridized carbons (Fsp3) is 0.545. The van der Waals surface area contributed by atoms with Gasteiger partial charge in [0.2, 0.25) is 0 Å². The van der Waals surface area contributed by atoms with Gasteiger partial charge in [-0.05, 0) is 37.3 Å². The van der Waals surface area contributed by atoms with Crippen LogP contribution in [0.5, 0.6) is 5.75 Å². The Morgan fingerprint density at radius 3 is 2.73 bits per heavy atom. The van der Waals surface area contributed by atoms with E-state index in [4.69, 9.17) is 14.2 Å². The van der Waals surface area contributed by atoms with Gasteiger partial charge in [0.25, 0.3) is 0 Å². The number of benzene rings is 1. The number of amides is 1. The van der Waals surface area contributed by atoms with Gasteiger partial charge in [-0.3, -0.25) is 4.98 Å². The van der Waals surface area contributed by atoms with Gasteiger partial charge in [-0.25, -0.2) is 4.79 Å². The highest BCUT2D eigenvalue weighted by atomic mass is 32.1. The SMILES string of the molecule is O=C(OCc1cncs1)N1CCC(CCOc2ccccc2N2CCOCC2)CC1. The Morgan fingerprint density at radius 1 is 1.17 bits per heavy atom. The van der Waals surface area contributed by atoms with E-state index in [9.17, 15) is 4.79 Å². The lowest BCUT2D eigenvalue weighted by molar-refractivity contribution is 0.0807. The summed E-state index contributed by atoms with van der Waals surface area (Å²) < 4.78 is 17.0. The number of nitrogens with zero attached hydrogens (tertiary/aromatic N) is 3. The minimum absolute atomic E-state index is 0.225. The number of anilines is 1. The van der Waals surface area contributed by atoms with Crippen LogP contribution in [0.1, 0.15) is 24.1 Å². The van der Waals surface area contributed by atoms with Gasteiger partial charge in [0.15, 0.2) is 0 Å². The molecular weight excluding hydrogens is 402 g/mol. The van der Waals surface area contributed by atoms with E-state index >= 15 is 0 Å². The van der Waals surface area contributed by atoms with Crippen LogP contribution in [0.2, 0.25) is 0 Å². The van der Waals surface area contributed by atoms with Crippen molar-refractivity contribution in [2.75, 3.05) is 50.9 Å². The summed E-state index contributed by atoms with van der Waals surface area (Å²) in [6.45, 7) is 5.82. The van der Waals surface area contributed by atoms with Crippen molar-refractivity contribution in [2.24, 2.45) is 5.92 Å². The van der Waals surface area contributed by atoms with Crippen molar-refractivity contribution in [1.82, 2.24) is 9.88 Å². The number of hydrogen-bond donors (Lipinski definition) is 0. The van der Waals surface area contributed by atoms with E-state index in [0.717, 1.165) is 75.0 Å². The number of thiazole rings is 1. The summed E-state index contributed by atoms with van der Waals surface area (Å²) in [4.78, 5) is 21.3. The molecular formula is C22H29N3O4S. The minimum Gasteiger partial charge on any atom is -0.491 e. The lowest BCUT2D eigenvalue weighted by Gasteiger charge is -2.32. The van der Waals surface area contributed by atoms with Crippen LogP contribution in [0, 0.1) is 5.92 Å². The number of rotatable bonds is 7. The molecule has 0 spiro atoms. The maximum atomic E-state index is 12.2. The number of hydrogen-bond acceptors (Lipinski definition) is 7. The molecule has 0 atom stereocenters. The molecule has 0 aliphatic carbocycles. The summed E-state index contributed by atoms with van der Waals surface area (Å²) in [5.74, 6) is 1.52. The van der Waals surface area contributed by atoms with E-state index in [1.165, 1.54) is 11.3 Å². The lowest BCUT2D eigenvalue weighted by Crippen LogP contribution is -2.39. The van der Waals surface area contributed by atoms with Crippen LogP contribution in [-0.2, 0) is 16.1 Å². The number of morpholine rings is 1. The van der Waals surface area contributed by atoms with E-state index in [1.54, 1.807) is 11.7 Å². The Hall–Kier alpha value is -2.32. The third-order valence-corrected chi connectivity index (χ3v) is 6.45. The van der Waals surface area contributed by atoms with Crippen molar-refractivity contribution < 1.29 is 19.0 Å². The highest BCUT2D eigenvalue weighted by Gasteiger charge is 2.24. The molecule has 0 bridgehead atoms. The third-order valence-electron chi connectivity index (χ3n) is 5.69. The number of piperidine rings is 1. The predicted molar refractivity (Wildman–Crippen MR) is 116 cm³/mol. The summed E-state index contributed by atoms with van der Waals surface area (Å²) in [6, 6.07) is 8.25. The second-order valence-electron chi connectivity index (χ2n) is 7.66. The first-order valence-electron chi connectivity index (χ1n) is 10.6. The molecule has 4 rings (SSSR count). The Morgan fingerprint density at radius 2 is 1.97 bits per heavy atom. The highest BCUT2D eigenvalue weighted by molar-refractivity contribution is 7.09. The number of carbonyl (C=O) groups is 1. The fourth-order valence-electron chi connectivity index (χ4n) is 3.92. The topological polar surface area (TPSA) is 64.1 Å². The van der Waals surface area contributed by atoms with Crippen molar-refractivity contribution in [2.45, 2.75) is 25.9 Å². The van der Waals surface area contributed by atoms with Crippen LogP contribution < -0.4 is 9.64 Å². The van der Waals surface area contributed by atoms with E-state index < -0.39 is 0 Å². The first-order valence-corrected chi connectivity index (χ1v) is 11.5. The number of likely N-dealkylation sites (tertiary alicyclic amines) is 1. The Labute approximate surface area is 181 Å². The van der Waals surface area contributed by atoms with Gasteiger partial charge in [0.1, 0.15) is 12.4 Å². The number of aromatic nitrogens is 1. The molecule has 8 heteroatoms. The first-order chi connectivity index (χ1) is 14.8. The standard InChI is InChI=1S/C22H29N3O4S/c26-22(29-16-19-15-23-17-30-19)25-8-5-18(6-9-25)7-12-28-21-4-2-1-3-20(21)24-10-13-27-14-11-24/h1-4,15,17-18H,5-14,16H2. The Balaban J connectivity index is 1.18. The zero-order valence-electron chi connectivity index (χ0n) is 17.2. The average Bonchev–Trinajstić information content (AvgIpc) is 3.33. The second kappa shape index (κ2) is 10.6. The molecule has 2 saturated heterocycles. The van der Waals surface area contributed by atoms with E-state index in [2.05, 4.69) is 22.0 Å². The smallest absolute Gasteiger partial charge is 0.410 e. The maximum absolute atomic E-state index is 12.2. The maximum Gasteiger partial charge on any atom is 0.410 e. The van der Waals surface area contributed by atoms with Crippen LogP contribution in [0.25, 0.3) is 0 Å². The van der Waals surface area contributed by atoms with E-state index in [-0.39, 0.29) is 6.09 Å². The summed E-state index contributed by atoms with van der Waals surface area (Å²) >= 11 is 1.50. The summed E-state index contributed by atoms with van der Waals surface area (Å²) in [7, 11) is 0. The van der Waals surface area contributed by atoms with Crippen molar-refractivity contribution in [1.29, 1.82) is 0 Å². The van der Waals surface area contributed by atoms with Gasteiger partial charge in [-0.15, -0.1) is 11.3 Å². The molecule has 162 valence electrons. The van der Waals surface area contributed by atoms with Crippen LogP contribution >= 0.6 is 11.3 Å². The summed E-state index contributed by atoms with van der Waals surface area (Å²) in [5.41, 5.74) is 2.90. The summed E-state index contributed by atoms with van der Waals surface area (Å²) in [6.07, 6.45) is 4.49. The average molecular weight is 432 g/mol. The predicted octanol–water partition coefficient (Wildman–Crippen LogP) is 3.80. The van der Waals surface area contributed by atoms with Gasteiger partial charge in [0, 0.05) is 32.4 Å². The van der Waals surface area contributed by atoms with Gasteiger partial charge in [0.05, 0.1) is 35.9 Å². The molecule has 2 aliphatic rings. The molecule has 30 heavy (non-hydrogen) atoms.